The molecule has 0 saturated heterocycles. The third-order valence-corrected chi connectivity index (χ3v) is 6.53. The number of allylic oxidation sites excluding steroid dienone is 1. The highest BCUT2D eigenvalue weighted by atomic mass is 35.5. The van der Waals surface area contributed by atoms with Gasteiger partial charge in [0.15, 0.2) is 5.76 Å². The number of benzene rings is 3. The van der Waals surface area contributed by atoms with E-state index in [0.717, 1.165) is 33.8 Å². The maximum Gasteiger partial charge on any atom is 0.232 e. The van der Waals surface area contributed by atoms with Crippen LogP contribution in [0.5, 0.6) is 17.2 Å². The van der Waals surface area contributed by atoms with Gasteiger partial charge >= 0.3 is 0 Å². The number of nitrogens with zero attached hydrogens (tertiary/aromatic N) is 1. The third-order valence-electron chi connectivity index (χ3n) is 5.79. The normalized spacial score (nSPS) is 16.2. The summed E-state index contributed by atoms with van der Waals surface area (Å²) >= 11 is 12.1. The second-order valence-electron chi connectivity index (χ2n) is 8.10. The lowest BCUT2D eigenvalue weighted by Gasteiger charge is -2.30. The molecule has 0 bridgehead atoms. The van der Waals surface area contributed by atoms with Gasteiger partial charge in [0.1, 0.15) is 24.0 Å². The van der Waals surface area contributed by atoms with Gasteiger partial charge < -0.3 is 14.2 Å². The van der Waals surface area contributed by atoms with Crippen LogP contribution in [-0.4, -0.2) is 24.5 Å². The van der Waals surface area contributed by atoms with Crippen LogP contribution in [0.3, 0.4) is 0 Å². The molecule has 168 valence electrons. The first-order chi connectivity index (χ1) is 15.9. The van der Waals surface area contributed by atoms with Gasteiger partial charge in [0, 0.05) is 13.1 Å². The Hall–Kier alpha value is -2.99. The first kappa shape index (κ1) is 21.8. The summed E-state index contributed by atoms with van der Waals surface area (Å²) in [7, 11) is 1.65. The van der Waals surface area contributed by atoms with Crippen LogP contribution < -0.4 is 14.2 Å². The molecule has 3 aromatic carbocycles. The average molecular weight is 482 g/mol. The minimum Gasteiger partial charge on any atom is -0.497 e. The van der Waals surface area contributed by atoms with Crippen LogP contribution in [0, 0.1) is 6.92 Å². The SMILES string of the molecule is COc1ccc(CN2COc3cc(C)c4c(c3C2)O/C(=C\c2ccc(Cl)c(Cl)c2)C4=O)cc1. The van der Waals surface area contributed by atoms with Gasteiger partial charge in [0.05, 0.1) is 28.3 Å². The second kappa shape index (κ2) is 8.75. The Labute approximate surface area is 202 Å². The summed E-state index contributed by atoms with van der Waals surface area (Å²) in [4.78, 5) is 15.3. The summed E-state index contributed by atoms with van der Waals surface area (Å²) in [5, 5.41) is 0.880. The summed E-state index contributed by atoms with van der Waals surface area (Å²) in [6.07, 6.45) is 1.69. The molecule has 0 aliphatic carbocycles. The fourth-order valence-corrected chi connectivity index (χ4v) is 4.43. The molecule has 0 radical (unpaired) electrons. The molecule has 5 rings (SSSR count). The molecule has 2 heterocycles. The number of ketones is 1. The second-order valence-corrected chi connectivity index (χ2v) is 8.91. The van der Waals surface area contributed by atoms with Crippen LogP contribution in [0.25, 0.3) is 6.08 Å². The number of ether oxygens (including phenoxy) is 3. The lowest BCUT2D eigenvalue weighted by molar-refractivity contribution is 0.0872. The summed E-state index contributed by atoms with van der Waals surface area (Å²) in [5.74, 6) is 2.25. The Kier molecular flexibility index (Phi) is 5.79. The van der Waals surface area contributed by atoms with E-state index >= 15 is 0 Å². The largest absolute Gasteiger partial charge is 0.497 e. The summed E-state index contributed by atoms with van der Waals surface area (Å²) in [5.41, 5.74) is 4.17. The molecule has 0 fully saturated rings. The zero-order valence-corrected chi connectivity index (χ0v) is 19.7. The minimum atomic E-state index is -0.149. The van der Waals surface area contributed by atoms with Gasteiger partial charge in [0.2, 0.25) is 5.78 Å². The third kappa shape index (κ3) is 4.20. The topological polar surface area (TPSA) is 48.0 Å². The van der Waals surface area contributed by atoms with Crippen LogP contribution in [-0.2, 0) is 13.1 Å². The van der Waals surface area contributed by atoms with Crippen LogP contribution in [0.1, 0.15) is 32.6 Å². The predicted octanol–water partition coefficient (Wildman–Crippen LogP) is 6.28. The van der Waals surface area contributed by atoms with Crippen molar-refractivity contribution >= 4 is 35.1 Å². The van der Waals surface area contributed by atoms with Crippen molar-refractivity contribution in [1.82, 2.24) is 4.90 Å². The van der Waals surface area contributed by atoms with E-state index in [1.54, 1.807) is 31.4 Å². The predicted molar refractivity (Wildman–Crippen MR) is 128 cm³/mol. The maximum absolute atomic E-state index is 13.2. The van der Waals surface area contributed by atoms with E-state index in [1.165, 1.54) is 0 Å². The molecule has 0 aromatic heterocycles. The van der Waals surface area contributed by atoms with Gasteiger partial charge in [-0.2, -0.15) is 0 Å². The van der Waals surface area contributed by atoms with E-state index in [1.807, 2.05) is 37.3 Å². The number of fused-ring (bicyclic) bond motifs is 3. The van der Waals surface area contributed by atoms with E-state index in [4.69, 9.17) is 37.4 Å². The molecular formula is C26H21Cl2NO4. The lowest BCUT2D eigenvalue weighted by atomic mass is 9.98. The Morgan fingerprint density at radius 3 is 2.61 bits per heavy atom. The highest BCUT2D eigenvalue weighted by Gasteiger charge is 2.35. The number of hydrogen-bond donors (Lipinski definition) is 0. The van der Waals surface area contributed by atoms with Crippen LogP contribution in [0.4, 0.5) is 0 Å². The Bertz CT molecular complexity index is 1280. The Balaban J connectivity index is 1.43. The molecule has 0 N–H and O–H groups in total. The van der Waals surface area contributed by atoms with Gasteiger partial charge in [0.25, 0.3) is 0 Å². The molecule has 0 saturated carbocycles. The van der Waals surface area contributed by atoms with E-state index in [2.05, 4.69) is 4.90 Å². The Morgan fingerprint density at radius 1 is 1.09 bits per heavy atom. The van der Waals surface area contributed by atoms with Crippen molar-refractivity contribution in [3.63, 3.8) is 0 Å². The summed E-state index contributed by atoms with van der Waals surface area (Å²) in [6, 6.07) is 15.1. The molecular weight excluding hydrogens is 461 g/mol. The Morgan fingerprint density at radius 2 is 1.88 bits per heavy atom. The fourth-order valence-electron chi connectivity index (χ4n) is 4.12. The van der Waals surface area contributed by atoms with E-state index in [0.29, 0.717) is 41.2 Å². The van der Waals surface area contributed by atoms with E-state index in [-0.39, 0.29) is 11.5 Å². The molecule has 3 aromatic rings. The lowest BCUT2D eigenvalue weighted by Crippen LogP contribution is -2.31. The average Bonchev–Trinajstić information content (AvgIpc) is 3.14. The van der Waals surface area contributed by atoms with Crippen molar-refractivity contribution < 1.29 is 19.0 Å². The first-order valence-electron chi connectivity index (χ1n) is 10.5. The maximum atomic E-state index is 13.2. The van der Waals surface area contributed by atoms with Crippen LogP contribution in [0.2, 0.25) is 10.0 Å². The smallest absolute Gasteiger partial charge is 0.232 e. The van der Waals surface area contributed by atoms with Crippen molar-refractivity contribution in [3.05, 3.63) is 92.2 Å². The summed E-state index contributed by atoms with van der Waals surface area (Å²) in [6.45, 7) is 3.66. The molecule has 7 heteroatoms. The number of rotatable bonds is 4. The van der Waals surface area contributed by atoms with Crippen LogP contribution in [0.15, 0.2) is 54.3 Å². The quantitative estimate of drug-likeness (QED) is 0.410. The van der Waals surface area contributed by atoms with Gasteiger partial charge in [-0.3, -0.25) is 9.69 Å². The van der Waals surface area contributed by atoms with Gasteiger partial charge in [-0.15, -0.1) is 0 Å². The number of halogens is 2. The number of carbonyl (C=O) groups excluding carboxylic acids is 1. The zero-order valence-electron chi connectivity index (χ0n) is 18.2. The van der Waals surface area contributed by atoms with Crippen molar-refractivity contribution in [2.75, 3.05) is 13.8 Å². The molecule has 0 unspecified atom stereocenters. The van der Waals surface area contributed by atoms with Gasteiger partial charge in [-0.1, -0.05) is 41.4 Å². The molecule has 0 spiro atoms. The molecule has 33 heavy (non-hydrogen) atoms. The minimum absolute atomic E-state index is 0.149. The van der Waals surface area contributed by atoms with Crippen molar-refractivity contribution in [3.8, 4) is 17.2 Å². The van der Waals surface area contributed by atoms with Crippen molar-refractivity contribution in [1.29, 1.82) is 0 Å². The zero-order chi connectivity index (χ0) is 23.1. The van der Waals surface area contributed by atoms with Gasteiger partial charge in [-0.25, -0.2) is 0 Å². The number of Topliss-reactive ketones (excluding diaryl/α,β-unsaturated/α-hetero) is 1. The van der Waals surface area contributed by atoms with E-state index < -0.39 is 0 Å². The number of hydrogen-bond acceptors (Lipinski definition) is 5. The molecule has 2 aliphatic rings. The number of aryl methyl sites for hydroxylation is 1. The molecule has 5 nitrogen and oxygen atoms in total. The molecule has 2 aliphatic heterocycles. The van der Waals surface area contributed by atoms with Crippen molar-refractivity contribution in [2.45, 2.75) is 20.0 Å². The summed E-state index contributed by atoms with van der Waals surface area (Å²) < 4.78 is 17.4. The van der Waals surface area contributed by atoms with Crippen molar-refractivity contribution in [2.24, 2.45) is 0 Å². The van der Waals surface area contributed by atoms with Crippen LogP contribution >= 0.6 is 23.2 Å². The van der Waals surface area contributed by atoms with E-state index in [9.17, 15) is 4.79 Å². The van der Waals surface area contributed by atoms with Gasteiger partial charge in [-0.05, 0) is 60.0 Å². The molecule has 0 atom stereocenters. The molecule has 0 amide bonds. The standard InChI is InChI=1S/C26H21Cl2NO4/c1-15-9-22-19(13-29(14-32-22)12-16-3-6-18(31-2)7-4-16)26-24(15)25(30)23(33-26)11-17-5-8-20(27)21(28)10-17/h3-11H,12-14H2,1-2H3/b23-11-. The number of carbonyl (C=O) groups is 1. The fraction of sp³-hybridized carbons (Fsp3) is 0.192. The first-order valence-corrected chi connectivity index (χ1v) is 11.2. The highest BCUT2D eigenvalue weighted by molar-refractivity contribution is 6.42. The monoisotopic (exact) mass is 481 g/mol. The number of methoxy groups -OCH3 is 1. The highest BCUT2D eigenvalue weighted by Crippen LogP contribution is 2.44.